The molecule has 2 heterocycles. The molecule has 0 saturated heterocycles. The van der Waals surface area contributed by atoms with Gasteiger partial charge in [0.1, 0.15) is 10.8 Å². The van der Waals surface area contributed by atoms with Gasteiger partial charge in [0, 0.05) is 11.3 Å². The van der Waals surface area contributed by atoms with Crippen LogP contribution in [0, 0.1) is 6.92 Å². The number of carbonyl (C=O) groups excluding carboxylic acids is 2. The molecule has 40 heavy (non-hydrogen) atoms. The van der Waals surface area contributed by atoms with Crippen LogP contribution in [0.25, 0.3) is 11.0 Å². The quantitative estimate of drug-likeness (QED) is 0.226. The zero-order chi connectivity index (χ0) is 29.0. The molecular weight excluding hydrogens is 532 g/mol. The van der Waals surface area contributed by atoms with Crippen LogP contribution in [0.5, 0.6) is 0 Å². The van der Waals surface area contributed by atoms with E-state index in [0.29, 0.717) is 33.3 Å². The third-order valence-corrected chi connectivity index (χ3v) is 6.58. The molecule has 4 rings (SSSR count). The molecule has 0 aliphatic rings. The van der Waals surface area contributed by atoms with Gasteiger partial charge in [-0.25, -0.2) is 9.78 Å². The van der Waals surface area contributed by atoms with Crippen LogP contribution in [-0.4, -0.2) is 55.0 Å². The Hall–Kier alpha value is -4.42. The Morgan fingerprint density at radius 3 is 2.45 bits per heavy atom. The van der Waals surface area contributed by atoms with Crippen molar-refractivity contribution < 1.29 is 24.2 Å². The summed E-state index contributed by atoms with van der Waals surface area (Å²) >= 11 is 1.12. The second-order valence-electron chi connectivity index (χ2n) is 10.1. The lowest BCUT2D eigenvalue weighted by Crippen LogP contribution is -2.50. The lowest BCUT2D eigenvalue weighted by Gasteiger charge is -2.29. The first-order valence-electron chi connectivity index (χ1n) is 12.5. The Balaban J connectivity index is 1.49. The lowest BCUT2D eigenvalue weighted by molar-refractivity contribution is -0.146. The predicted molar refractivity (Wildman–Crippen MR) is 153 cm³/mol. The third-order valence-electron chi connectivity index (χ3n) is 5.72. The Kier molecular flexibility index (Phi) is 8.40. The van der Waals surface area contributed by atoms with E-state index in [-0.39, 0.29) is 5.56 Å². The number of anilines is 3. The first-order chi connectivity index (χ1) is 18.9. The fourth-order valence-electron chi connectivity index (χ4n) is 4.02. The fraction of sp³-hybridized carbons (Fsp3) is 0.286. The van der Waals surface area contributed by atoms with Crippen molar-refractivity contribution in [3.8, 4) is 0 Å². The Labute approximate surface area is 235 Å². The summed E-state index contributed by atoms with van der Waals surface area (Å²) in [6.07, 6.45) is 0.801. The molecule has 208 valence electrons. The molecule has 0 bridgehead atoms. The second-order valence-corrected chi connectivity index (χ2v) is 10.9. The van der Waals surface area contributed by atoms with Gasteiger partial charge in [0.25, 0.3) is 11.8 Å². The normalized spacial score (nSPS) is 12.9. The standard InChI is InChI=1S/C28H30N6O5S/c1-15-22(26(40-34-15)32-21-14-29-19-11-6-7-12-20(19)31-21)25(36)30-18-10-8-9-17(13-18)24(35)33-23(27(37)38)16(2)39-28(3,4)5/h6-14,16,23H,1-5H3,(H,30,36)(H,31,32)(H,33,35)(H,37,38). The van der Waals surface area contributed by atoms with Crippen LogP contribution in [-0.2, 0) is 9.53 Å². The van der Waals surface area contributed by atoms with Gasteiger partial charge >= 0.3 is 5.97 Å². The van der Waals surface area contributed by atoms with Crippen LogP contribution in [0.3, 0.4) is 0 Å². The number of rotatable bonds is 9. The van der Waals surface area contributed by atoms with Crippen molar-refractivity contribution in [2.75, 3.05) is 10.6 Å². The summed E-state index contributed by atoms with van der Waals surface area (Å²) < 4.78 is 10.0. The minimum Gasteiger partial charge on any atom is -0.480 e. The molecule has 11 nitrogen and oxygen atoms in total. The number of carbonyl (C=O) groups is 3. The van der Waals surface area contributed by atoms with Crippen molar-refractivity contribution in [3.63, 3.8) is 0 Å². The number of carboxylic acid groups (broad SMARTS) is 1. The van der Waals surface area contributed by atoms with Crippen molar-refractivity contribution in [1.82, 2.24) is 19.7 Å². The number of benzene rings is 2. The van der Waals surface area contributed by atoms with Gasteiger partial charge in [-0.1, -0.05) is 18.2 Å². The molecular formula is C28H30N6O5S. The molecule has 2 atom stereocenters. The SMILES string of the molecule is Cc1nsc(Nc2cnc3ccccc3n2)c1C(=O)Nc1cccc(C(=O)NC(C(=O)O)C(C)OC(C)(C)C)c1. The number of ether oxygens (including phenoxy) is 1. The predicted octanol–water partition coefficient (Wildman–Crippen LogP) is 4.78. The Bertz CT molecular complexity index is 1560. The number of aliphatic carboxylic acids is 1. The van der Waals surface area contributed by atoms with Crippen molar-refractivity contribution in [1.29, 1.82) is 0 Å². The summed E-state index contributed by atoms with van der Waals surface area (Å²) in [4.78, 5) is 47.0. The number of amides is 2. The van der Waals surface area contributed by atoms with E-state index >= 15 is 0 Å². The van der Waals surface area contributed by atoms with Crippen LogP contribution >= 0.6 is 11.5 Å². The summed E-state index contributed by atoms with van der Waals surface area (Å²) in [5.74, 6) is -1.80. The largest absolute Gasteiger partial charge is 0.480 e. The molecule has 0 fully saturated rings. The number of aryl methyl sites for hydroxylation is 1. The maximum atomic E-state index is 13.3. The van der Waals surface area contributed by atoms with Gasteiger partial charge in [0.2, 0.25) is 0 Å². The highest BCUT2D eigenvalue weighted by Crippen LogP contribution is 2.29. The lowest BCUT2D eigenvalue weighted by atomic mass is 10.1. The van der Waals surface area contributed by atoms with Gasteiger partial charge in [-0.15, -0.1) is 0 Å². The van der Waals surface area contributed by atoms with Gasteiger partial charge in [0.05, 0.1) is 40.2 Å². The van der Waals surface area contributed by atoms with E-state index in [2.05, 4.69) is 30.3 Å². The molecule has 0 radical (unpaired) electrons. The number of fused-ring (bicyclic) bond motifs is 1. The number of para-hydroxylation sites is 2. The maximum absolute atomic E-state index is 13.3. The van der Waals surface area contributed by atoms with Crippen LogP contribution in [0.1, 0.15) is 54.1 Å². The summed E-state index contributed by atoms with van der Waals surface area (Å²) in [7, 11) is 0. The van der Waals surface area contributed by atoms with E-state index in [1.165, 1.54) is 12.1 Å². The molecule has 2 aromatic heterocycles. The fourth-order valence-corrected chi connectivity index (χ4v) is 4.82. The molecule has 0 aliphatic heterocycles. The molecule has 0 aliphatic carbocycles. The summed E-state index contributed by atoms with van der Waals surface area (Å²) in [6, 6.07) is 12.4. The first kappa shape index (κ1) is 28.6. The van der Waals surface area contributed by atoms with E-state index < -0.39 is 35.5 Å². The number of carboxylic acids is 1. The number of hydrogen-bond acceptors (Lipinski definition) is 9. The van der Waals surface area contributed by atoms with E-state index in [9.17, 15) is 19.5 Å². The molecule has 0 saturated carbocycles. The van der Waals surface area contributed by atoms with Crippen molar-refractivity contribution in [2.24, 2.45) is 0 Å². The van der Waals surface area contributed by atoms with E-state index in [4.69, 9.17) is 4.74 Å². The third kappa shape index (κ3) is 6.96. The van der Waals surface area contributed by atoms with Crippen molar-refractivity contribution >= 4 is 56.9 Å². The van der Waals surface area contributed by atoms with Crippen LogP contribution < -0.4 is 16.0 Å². The van der Waals surface area contributed by atoms with Crippen molar-refractivity contribution in [2.45, 2.75) is 52.4 Å². The highest BCUT2D eigenvalue weighted by atomic mass is 32.1. The van der Waals surface area contributed by atoms with E-state index in [1.54, 1.807) is 52.9 Å². The summed E-state index contributed by atoms with van der Waals surface area (Å²) in [5.41, 5.74) is 2.24. The van der Waals surface area contributed by atoms with E-state index in [1.807, 2.05) is 24.3 Å². The summed E-state index contributed by atoms with van der Waals surface area (Å²) in [5, 5.41) is 18.6. The van der Waals surface area contributed by atoms with Crippen LogP contribution in [0.15, 0.2) is 54.7 Å². The Morgan fingerprint density at radius 1 is 1.02 bits per heavy atom. The van der Waals surface area contributed by atoms with Crippen molar-refractivity contribution in [3.05, 3.63) is 71.5 Å². The Morgan fingerprint density at radius 2 is 1.75 bits per heavy atom. The number of aromatic nitrogens is 3. The second kappa shape index (κ2) is 11.8. The van der Waals surface area contributed by atoms with Crippen LogP contribution in [0.4, 0.5) is 16.5 Å². The average molecular weight is 563 g/mol. The highest BCUT2D eigenvalue weighted by molar-refractivity contribution is 7.10. The minimum absolute atomic E-state index is 0.178. The minimum atomic E-state index is -1.27. The summed E-state index contributed by atoms with van der Waals surface area (Å²) in [6.45, 7) is 8.72. The molecule has 4 aromatic rings. The van der Waals surface area contributed by atoms with Gasteiger partial charge in [0.15, 0.2) is 6.04 Å². The molecule has 2 amide bonds. The van der Waals surface area contributed by atoms with Gasteiger partial charge in [-0.05, 0) is 76.5 Å². The smallest absolute Gasteiger partial charge is 0.328 e. The number of hydrogen-bond donors (Lipinski definition) is 4. The maximum Gasteiger partial charge on any atom is 0.328 e. The topological polar surface area (TPSA) is 155 Å². The zero-order valence-electron chi connectivity index (χ0n) is 22.7. The zero-order valence-corrected chi connectivity index (χ0v) is 23.5. The monoisotopic (exact) mass is 562 g/mol. The van der Waals surface area contributed by atoms with Gasteiger partial charge in [-0.2, -0.15) is 4.37 Å². The van der Waals surface area contributed by atoms with E-state index in [0.717, 1.165) is 17.0 Å². The molecule has 0 spiro atoms. The molecule has 4 N–H and O–H groups in total. The molecule has 2 unspecified atom stereocenters. The number of nitrogens with one attached hydrogen (secondary N) is 3. The first-order valence-corrected chi connectivity index (χ1v) is 13.3. The number of nitrogens with zero attached hydrogens (tertiary/aromatic N) is 3. The highest BCUT2D eigenvalue weighted by Gasteiger charge is 2.31. The molecule has 2 aromatic carbocycles. The average Bonchev–Trinajstić information content (AvgIpc) is 3.25. The van der Waals surface area contributed by atoms with Gasteiger partial charge in [-0.3, -0.25) is 14.6 Å². The molecule has 12 heteroatoms. The van der Waals surface area contributed by atoms with Gasteiger partial charge < -0.3 is 25.8 Å². The van der Waals surface area contributed by atoms with Crippen LogP contribution in [0.2, 0.25) is 0 Å².